The number of unbranched alkanes of at least 4 members (excludes halogenated alkanes) is 1. The molecule has 0 unspecified atom stereocenters. The van der Waals surface area contributed by atoms with Gasteiger partial charge in [0.1, 0.15) is 5.82 Å². The summed E-state index contributed by atoms with van der Waals surface area (Å²) in [4.78, 5) is 14.3. The third kappa shape index (κ3) is 3.92. The number of imidazole rings is 1. The lowest BCUT2D eigenvalue weighted by Crippen LogP contribution is -2.17. The zero-order valence-corrected chi connectivity index (χ0v) is 11.8. The Morgan fingerprint density at radius 3 is 2.94 bits per heavy atom. The summed E-state index contributed by atoms with van der Waals surface area (Å²) in [5.41, 5.74) is 4.19. The van der Waals surface area contributed by atoms with E-state index in [4.69, 9.17) is 0 Å². The number of hydrogen-bond donors (Lipinski definition) is 1. The number of rotatable bonds is 7. The minimum atomic E-state index is 0.882. The van der Waals surface area contributed by atoms with Crippen LogP contribution in [-0.2, 0) is 19.5 Å². The topological polar surface area (TPSA) is 44.8 Å². The second kappa shape index (κ2) is 6.66. The third-order valence-corrected chi connectivity index (χ3v) is 3.44. The van der Waals surface area contributed by atoms with Crippen molar-refractivity contribution in [3.05, 3.63) is 34.3 Å². The number of aromatic amines is 1. The van der Waals surface area contributed by atoms with Crippen molar-refractivity contribution in [2.24, 2.45) is 0 Å². The molecule has 0 aliphatic heterocycles. The van der Waals surface area contributed by atoms with Crippen LogP contribution in [0.5, 0.6) is 0 Å². The molecule has 0 radical (unpaired) electrons. The van der Waals surface area contributed by atoms with Gasteiger partial charge in [0, 0.05) is 36.8 Å². The molecule has 0 aliphatic carbocycles. The normalized spacial score (nSPS) is 11.3. The molecule has 0 atom stereocenters. The summed E-state index contributed by atoms with van der Waals surface area (Å²) < 4.78 is 0. The Kier molecular flexibility index (Phi) is 4.90. The molecule has 4 nitrogen and oxygen atoms in total. The van der Waals surface area contributed by atoms with Crippen molar-refractivity contribution < 1.29 is 0 Å². The lowest BCUT2D eigenvalue weighted by atomic mass is 10.2. The number of nitrogens with one attached hydrogen (secondary N) is 1. The van der Waals surface area contributed by atoms with E-state index in [2.05, 4.69) is 39.2 Å². The molecule has 18 heavy (non-hydrogen) atoms. The highest BCUT2D eigenvalue weighted by molar-refractivity contribution is 7.07. The van der Waals surface area contributed by atoms with Crippen molar-refractivity contribution in [1.29, 1.82) is 0 Å². The Morgan fingerprint density at radius 1 is 1.33 bits per heavy atom. The Morgan fingerprint density at radius 2 is 2.22 bits per heavy atom. The first-order valence-corrected chi connectivity index (χ1v) is 7.30. The standard InChI is InChI=1S/C13H20N4S/c1-3-4-5-13-14-6-11(16-13)7-17(2)8-12-9-18-10-15-12/h6,9-10H,3-5,7-8H2,1-2H3,(H,14,16). The summed E-state index contributed by atoms with van der Waals surface area (Å²) >= 11 is 1.64. The van der Waals surface area contributed by atoms with Gasteiger partial charge in [-0.05, 0) is 13.5 Å². The van der Waals surface area contributed by atoms with E-state index >= 15 is 0 Å². The van der Waals surface area contributed by atoms with Gasteiger partial charge in [0.2, 0.25) is 0 Å². The summed E-state index contributed by atoms with van der Waals surface area (Å²) in [7, 11) is 2.10. The van der Waals surface area contributed by atoms with E-state index in [1.54, 1.807) is 11.3 Å². The fourth-order valence-corrected chi connectivity index (χ4v) is 2.45. The van der Waals surface area contributed by atoms with Crippen LogP contribution in [-0.4, -0.2) is 26.9 Å². The molecule has 2 heterocycles. The van der Waals surface area contributed by atoms with Crippen LogP contribution >= 0.6 is 11.3 Å². The van der Waals surface area contributed by atoms with Gasteiger partial charge in [-0.15, -0.1) is 11.3 Å². The Labute approximate surface area is 112 Å². The summed E-state index contributed by atoms with van der Waals surface area (Å²) in [5, 5.41) is 2.09. The zero-order valence-electron chi connectivity index (χ0n) is 11.0. The number of hydrogen-bond acceptors (Lipinski definition) is 4. The number of aromatic nitrogens is 3. The van der Waals surface area contributed by atoms with Crippen LogP contribution in [0.15, 0.2) is 17.1 Å². The number of H-pyrrole nitrogens is 1. The van der Waals surface area contributed by atoms with E-state index in [0.29, 0.717) is 0 Å². The molecule has 2 aromatic heterocycles. The van der Waals surface area contributed by atoms with Crippen LogP contribution in [0, 0.1) is 0 Å². The van der Waals surface area contributed by atoms with Gasteiger partial charge in [-0.25, -0.2) is 9.97 Å². The third-order valence-electron chi connectivity index (χ3n) is 2.80. The van der Waals surface area contributed by atoms with Crippen molar-refractivity contribution in [2.75, 3.05) is 7.05 Å². The van der Waals surface area contributed by atoms with E-state index in [-0.39, 0.29) is 0 Å². The first-order valence-electron chi connectivity index (χ1n) is 6.36. The molecule has 0 fully saturated rings. The predicted octanol–water partition coefficient (Wildman–Crippen LogP) is 2.84. The first-order chi connectivity index (χ1) is 8.78. The van der Waals surface area contributed by atoms with Crippen LogP contribution < -0.4 is 0 Å². The van der Waals surface area contributed by atoms with Crippen LogP contribution in [0.2, 0.25) is 0 Å². The van der Waals surface area contributed by atoms with Gasteiger partial charge < -0.3 is 4.98 Å². The molecule has 0 spiro atoms. The largest absolute Gasteiger partial charge is 0.345 e. The zero-order chi connectivity index (χ0) is 12.8. The molecule has 0 saturated heterocycles. The van der Waals surface area contributed by atoms with Gasteiger partial charge in [-0.3, -0.25) is 4.90 Å². The quantitative estimate of drug-likeness (QED) is 0.836. The fourth-order valence-electron chi connectivity index (χ4n) is 1.90. The maximum absolute atomic E-state index is 4.41. The maximum Gasteiger partial charge on any atom is 0.106 e. The average Bonchev–Trinajstić information content (AvgIpc) is 2.98. The summed E-state index contributed by atoms with van der Waals surface area (Å²) in [5.74, 6) is 1.11. The van der Waals surface area contributed by atoms with Gasteiger partial charge >= 0.3 is 0 Å². The second-order valence-corrected chi connectivity index (χ2v) is 5.33. The van der Waals surface area contributed by atoms with Crippen molar-refractivity contribution in [3.8, 4) is 0 Å². The number of nitrogens with zero attached hydrogens (tertiary/aromatic N) is 3. The predicted molar refractivity (Wildman–Crippen MR) is 74.5 cm³/mol. The maximum atomic E-state index is 4.41. The van der Waals surface area contributed by atoms with Crippen molar-refractivity contribution in [1.82, 2.24) is 19.9 Å². The molecule has 0 aliphatic rings. The summed E-state index contributed by atoms with van der Waals surface area (Å²) in [6.45, 7) is 3.97. The molecule has 2 rings (SSSR count). The molecule has 0 amide bonds. The van der Waals surface area contributed by atoms with Crippen molar-refractivity contribution >= 4 is 11.3 Å². The molecule has 0 saturated carbocycles. The molecule has 0 bridgehead atoms. The highest BCUT2D eigenvalue weighted by atomic mass is 32.1. The van der Waals surface area contributed by atoms with Crippen molar-refractivity contribution in [2.45, 2.75) is 39.3 Å². The molecule has 5 heteroatoms. The van der Waals surface area contributed by atoms with Gasteiger partial charge in [0.05, 0.1) is 11.2 Å². The van der Waals surface area contributed by atoms with Gasteiger partial charge in [-0.2, -0.15) is 0 Å². The molecule has 1 N–H and O–H groups in total. The lowest BCUT2D eigenvalue weighted by Gasteiger charge is -2.13. The lowest BCUT2D eigenvalue weighted by molar-refractivity contribution is 0.312. The Balaban J connectivity index is 1.83. The van der Waals surface area contributed by atoms with Crippen LogP contribution in [0.1, 0.15) is 37.0 Å². The summed E-state index contributed by atoms with van der Waals surface area (Å²) in [6.07, 6.45) is 5.40. The second-order valence-electron chi connectivity index (χ2n) is 4.61. The van der Waals surface area contributed by atoms with E-state index < -0.39 is 0 Å². The van der Waals surface area contributed by atoms with Gasteiger partial charge in [0.25, 0.3) is 0 Å². The van der Waals surface area contributed by atoms with Gasteiger partial charge in [-0.1, -0.05) is 13.3 Å². The van der Waals surface area contributed by atoms with Crippen LogP contribution in [0.3, 0.4) is 0 Å². The SMILES string of the molecule is CCCCc1ncc(CN(C)Cc2cscn2)[nH]1. The van der Waals surface area contributed by atoms with Crippen molar-refractivity contribution in [3.63, 3.8) is 0 Å². The smallest absolute Gasteiger partial charge is 0.106 e. The van der Waals surface area contributed by atoms with E-state index in [9.17, 15) is 0 Å². The van der Waals surface area contributed by atoms with Crippen LogP contribution in [0.4, 0.5) is 0 Å². The van der Waals surface area contributed by atoms with Gasteiger partial charge in [0.15, 0.2) is 0 Å². The monoisotopic (exact) mass is 264 g/mol. The summed E-state index contributed by atoms with van der Waals surface area (Å²) in [6, 6.07) is 0. The highest BCUT2D eigenvalue weighted by Crippen LogP contribution is 2.08. The van der Waals surface area contributed by atoms with E-state index in [1.165, 1.54) is 18.5 Å². The molecule has 0 aromatic carbocycles. The van der Waals surface area contributed by atoms with E-state index in [0.717, 1.165) is 31.0 Å². The Bertz CT molecular complexity index is 449. The molecule has 98 valence electrons. The first kappa shape index (κ1) is 13.2. The molecule has 2 aromatic rings. The Hall–Kier alpha value is -1.20. The minimum Gasteiger partial charge on any atom is -0.345 e. The fraction of sp³-hybridized carbons (Fsp3) is 0.538. The highest BCUT2D eigenvalue weighted by Gasteiger charge is 2.06. The minimum absolute atomic E-state index is 0.882. The van der Waals surface area contributed by atoms with Crippen LogP contribution in [0.25, 0.3) is 0 Å². The number of aryl methyl sites for hydroxylation is 1. The average molecular weight is 264 g/mol. The molecular formula is C13H20N4S. The molecular weight excluding hydrogens is 244 g/mol. The number of thiazole rings is 1. The van der Waals surface area contributed by atoms with E-state index in [1.807, 2.05) is 11.7 Å².